The molecular formula is C11H16N2S. The van der Waals surface area contributed by atoms with Crippen LogP contribution in [0.4, 0.5) is 0 Å². The molecule has 1 aromatic heterocycles. The number of hydrogen-bond acceptors (Lipinski definition) is 3. The lowest BCUT2D eigenvalue weighted by Crippen LogP contribution is -2.20. The Hall–Kier alpha value is -0.850. The summed E-state index contributed by atoms with van der Waals surface area (Å²) in [6, 6.07) is 4.27. The normalized spacial score (nSPS) is 12.4. The molecule has 0 saturated heterocycles. The van der Waals surface area contributed by atoms with E-state index in [-0.39, 0.29) is 6.04 Å². The molecule has 0 fully saturated rings. The second-order valence-electron chi connectivity index (χ2n) is 3.38. The largest absolute Gasteiger partial charge is 0.298 e. The van der Waals surface area contributed by atoms with Gasteiger partial charge in [0.25, 0.3) is 0 Å². The number of aryl methyl sites for hydroxylation is 2. The summed E-state index contributed by atoms with van der Waals surface area (Å²) in [5.74, 6) is 0. The topological polar surface area (TPSA) is 35.8 Å². The van der Waals surface area contributed by atoms with Crippen LogP contribution in [0.2, 0.25) is 0 Å². The van der Waals surface area contributed by atoms with Crippen LogP contribution in [-0.4, -0.2) is 6.54 Å². The summed E-state index contributed by atoms with van der Waals surface area (Å²) >= 11 is 1.76. The van der Waals surface area contributed by atoms with E-state index in [9.17, 15) is 0 Å². The fourth-order valence-electron chi connectivity index (χ4n) is 1.45. The van der Waals surface area contributed by atoms with Crippen LogP contribution in [0.15, 0.2) is 6.07 Å². The number of hydrogen-bond donors (Lipinski definition) is 1. The predicted octanol–water partition coefficient (Wildman–Crippen LogP) is 2.93. The summed E-state index contributed by atoms with van der Waals surface area (Å²) in [6.07, 6.45) is 1.06. The SMILES string of the molecule is CCCNC(C#N)c1cc(C)sc1C. The summed E-state index contributed by atoms with van der Waals surface area (Å²) in [5, 5.41) is 12.3. The Labute approximate surface area is 89.6 Å². The molecule has 0 radical (unpaired) electrons. The molecule has 0 aromatic carbocycles. The molecule has 0 aliphatic heterocycles. The lowest BCUT2D eigenvalue weighted by molar-refractivity contribution is 0.620. The van der Waals surface area contributed by atoms with Crippen molar-refractivity contribution in [3.63, 3.8) is 0 Å². The Bertz CT molecular complexity index is 336. The Balaban J connectivity index is 2.79. The van der Waals surface area contributed by atoms with E-state index in [4.69, 9.17) is 5.26 Å². The van der Waals surface area contributed by atoms with Crippen LogP contribution >= 0.6 is 11.3 Å². The zero-order valence-corrected chi connectivity index (χ0v) is 9.74. The minimum absolute atomic E-state index is 0.139. The molecule has 0 aliphatic carbocycles. The highest BCUT2D eigenvalue weighted by molar-refractivity contribution is 7.12. The monoisotopic (exact) mass is 208 g/mol. The van der Waals surface area contributed by atoms with Gasteiger partial charge in [-0.15, -0.1) is 11.3 Å². The number of nitrogens with zero attached hydrogens (tertiary/aromatic N) is 1. The van der Waals surface area contributed by atoms with E-state index in [1.807, 2.05) is 0 Å². The minimum atomic E-state index is -0.139. The van der Waals surface area contributed by atoms with Gasteiger partial charge >= 0.3 is 0 Å². The van der Waals surface area contributed by atoms with Gasteiger partial charge in [-0.25, -0.2) is 0 Å². The standard InChI is InChI=1S/C11H16N2S/c1-4-5-13-11(7-12)10-6-8(2)14-9(10)3/h6,11,13H,4-5H2,1-3H3. The molecule has 0 aliphatic rings. The van der Waals surface area contributed by atoms with Crippen molar-refractivity contribution < 1.29 is 0 Å². The van der Waals surface area contributed by atoms with Gasteiger partial charge in [0.05, 0.1) is 6.07 Å². The first-order valence-electron chi connectivity index (χ1n) is 4.89. The third-order valence-electron chi connectivity index (χ3n) is 2.12. The molecule has 2 nitrogen and oxygen atoms in total. The molecule has 1 aromatic rings. The van der Waals surface area contributed by atoms with Crippen molar-refractivity contribution in [2.75, 3.05) is 6.54 Å². The maximum Gasteiger partial charge on any atom is 0.122 e. The van der Waals surface area contributed by atoms with Gasteiger partial charge in [-0.3, -0.25) is 5.32 Å². The van der Waals surface area contributed by atoms with Gasteiger partial charge < -0.3 is 0 Å². The molecule has 1 N–H and O–H groups in total. The van der Waals surface area contributed by atoms with Crippen LogP contribution < -0.4 is 5.32 Å². The smallest absolute Gasteiger partial charge is 0.122 e. The van der Waals surface area contributed by atoms with Crippen LogP contribution in [0, 0.1) is 25.2 Å². The Morgan fingerprint density at radius 2 is 2.29 bits per heavy atom. The molecule has 0 amide bonds. The van der Waals surface area contributed by atoms with Gasteiger partial charge in [0, 0.05) is 9.75 Å². The van der Waals surface area contributed by atoms with Gasteiger partial charge in [0.15, 0.2) is 0 Å². The summed E-state index contributed by atoms with van der Waals surface area (Å²) < 4.78 is 0. The average molecular weight is 208 g/mol. The van der Waals surface area contributed by atoms with E-state index < -0.39 is 0 Å². The zero-order chi connectivity index (χ0) is 10.6. The molecule has 76 valence electrons. The van der Waals surface area contributed by atoms with Crippen molar-refractivity contribution in [3.05, 3.63) is 21.4 Å². The highest BCUT2D eigenvalue weighted by atomic mass is 32.1. The summed E-state index contributed by atoms with van der Waals surface area (Å²) in [5.41, 5.74) is 1.14. The molecule has 1 atom stereocenters. The summed E-state index contributed by atoms with van der Waals surface area (Å²) in [4.78, 5) is 2.52. The molecule has 1 unspecified atom stereocenters. The Kier molecular flexibility index (Phi) is 4.12. The summed E-state index contributed by atoms with van der Waals surface area (Å²) in [6.45, 7) is 7.15. The molecule has 14 heavy (non-hydrogen) atoms. The highest BCUT2D eigenvalue weighted by Crippen LogP contribution is 2.25. The van der Waals surface area contributed by atoms with Gasteiger partial charge in [-0.2, -0.15) is 5.26 Å². The van der Waals surface area contributed by atoms with Crippen molar-refractivity contribution in [2.45, 2.75) is 33.2 Å². The van der Waals surface area contributed by atoms with Crippen molar-refractivity contribution in [1.29, 1.82) is 5.26 Å². The van der Waals surface area contributed by atoms with E-state index >= 15 is 0 Å². The lowest BCUT2D eigenvalue weighted by atomic mass is 10.1. The van der Waals surface area contributed by atoms with Crippen molar-refractivity contribution in [1.82, 2.24) is 5.32 Å². The fourth-order valence-corrected chi connectivity index (χ4v) is 2.41. The van der Waals surface area contributed by atoms with Gasteiger partial charge in [0.1, 0.15) is 6.04 Å². The first-order chi connectivity index (χ1) is 6.69. The van der Waals surface area contributed by atoms with Gasteiger partial charge in [-0.05, 0) is 38.4 Å². The van der Waals surface area contributed by atoms with Crippen molar-refractivity contribution >= 4 is 11.3 Å². The fraction of sp³-hybridized carbons (Fsp3) is 0.545. The third kappa shape index (κ3) is 2.57. The maximum atomic E-state index is 9.03. The minimum Gasteiger partial charge on any atom is -0.298 e. The second-order valence-corrected chi connectivity index (χ2v) is 4.85. The van der Waals surface area contributed by atoms with E-state index in [1.165, 1.54) is 9.75 Å². The Morgan fingerprint density at radius 3 is 2.71 bits per heavy atom. The van der Waals surface area contributed by atoms with Crippen molar-refractivity contribution in [2.24, 2.45) is 0 Å². The number of nitrogens with one attached hydrogen (secondary N) is 1. The number of thiophene rings is 1. The number of nitriles is 1. The third-order valence-corrected chi connectivity index (χ3v) is 3.10. The zero-order valence-electron chi connectivity index (χ0n) is 8.92. The average Bonchev–Trinajstić information content (AvgIpc) is 2.47. The second kappa shape index (κ2) is 5.14. The van der Waals surface area contributed by atoms with Crippen molar-refractivity contribution in [3.8, 4) is 6.07 Å². The van der Waals surface area contributed by atoms with Crippen LogP contribution in [0.25, 0.3) is 0 Å². The number of rotatable bonds is 4. The first-order valence-corrected chi connectivity index (χ1v) is 5.70. The molecule has 0 saturated carbocycles. The quantitative estimate of drug-likeness (QED) is 0.825. The molecular weight excluding hydrogens is 192 g/mol. The molecule has 0 spiro atoms. The highest BCUT2D eigenvalue weighted by Gasteiger charge is 2.13. The summed E-state index contributed by atoms with van der Waals surface area (Å²) in [7, 11) is 0. The molecule has 3 heteroatoms. The van der Waals surface area contributed by atoms with E-state index in [1.54, 1.807) is 11.3 Å². The van der Waals surface area contributed by atoms with Crippen LogP contribution in [-0.2, 0) is 0 Å². The molecule has 1 rings (SSSR count). The molecule has 1 heterocycles. The van der Waals surface area contributed by atoms with Gasteiger partial charge in [0.2, 0.25) is 0 Å². The first kappa shape index (κ1) is 11.2. The van der Waals surface area contributed by atoms with Crippen LogP contribution in [0.1, 0.15) is 34.7 Å². The predicted molar refractivity (Wildman–Crippen MR) is 60.4 cm³/mol. The van der Waals surface area contributed by atoms with E-state index in [2.05, 4.69) is 38.2 Å². The van der Waals surface area contributed by atoms with Crippen LogP contribution in [0.5, 0.6) is 0 Å². The van der Waals surface area contributed by atoms with E-state index in [0.29, 0.717) is 0 Å². The van der Waals surface area contributed by atoms with Crippen LogP contribution in [0.3, 0.4) is 0 Å². The van der Waals surface area contributed by atoms with Gasteiger partial charge in [-0.1, -0.05) is 6.92 Å². The van der Waals surface area contributed by atoms with E-state index in [0.717, 1.165) is 18.5 Å². The maximum absolute atomic E-state index is 9.03. The lowest BCUT2D eigenvalue weighted by Gasteiger charge is -2.09. The molecule has 0 bridgehead atoms. The Morgan fingerprint density at radius 1 is 1.57 bits per heavy atom.